The van der Waals surface area contributed by atoms with Crippen LogP contribution in [-0.2, 0) is 6.54 Å². The summed E-state index contributed by atoms with van der Waals surface area (Å²) in [6.07, 6.45) is 1.78. The van der Waals surface area contributed by atoms with Crippen molar-refractivity contribution in [3.63, 3.8) is 0 Å². The Morgan fingerprint density at radius 1 is 0.844 bits per heavy atom. The number of carbonyl (C=O) groups is 1. The van der Waals surface area contributed by atoms with E-state index >= 15 is 0 Å². The molecule has 0 atom stereocenters. The number of nitrogens with zero attached hydrogens (tertiary/aromatic N) is 2. The molecule has 3 aromatic carbocycles. The van der Waals surface area contributed by atoms with Gasteiger partial charge in [-0.1, -0.05) is 78.9 Å². The molecule has 32 heavy (non-hydrogen) atoms. The monoisotopic (exact) mass is 419 g/mol. The van der Waals surface area contributed by atoms with Gasteiger partial charge in [0.2, 0.25) is 0 Å². The summed E-state index contributed by atoms with van der Waals surface area (Å²) in [5.41, 5.74) is 6.15. The second-order valence-electron chi connectivity index (χ2n) is 7.40. The van der Waals surface area contributed by atoms with Gasteiger partial charge in [-0.3, -0.25) is 5.10 Å². The van der Waals surface area contributed by atoms with E-state index in [-0.39, 0.29) is 6.03 Å². The lowest BCUT2D eigenvalue weighted by molar-refractivity contribution is 0.252. The highest BCUT2D eigenvalue weighted by Gasteiger charge is 2.13. The van der Waals surface area contributed by atoms with Gasteiger partial charge in [-0.25, -0.2) is 9.78 Å². The maximum atomic E-state index is 12.5. The van der Waals surface area contributed by atoms with E-state index < -0.39 is 0 Å². The highest BCUT2D eigenvalue weighted by atomic mass is 16.2. The third kappa shape index (κ3) is 4.06. The third-order valence-corrected chi connectivity index (χ3v) is 5.25. The molecule has 0 aliphatic carbocycles. The lowest BCUT2D eigenvalue weighted by Gasteiger charge is -2.12. The van der Waals surface area contributed by atoms with E-state index in [4.69, 9.17) is 0 Å². The van der Waals surface area contributed by atoms with Crippen LogP contribution in [-0.4, -0.2) is 21.2 Å². The van der Waals surface area contributed by atoms with Gasteiger partial charge in [0.15, 0.2) is 5.65 Å². The number of H-pyrrole nitrogens is 1. The van der Waals surface area contributed by atoms with Crippen LogP contribution in [0.2, 0.25) is 0 Å². The van der Waals surface area contributed by atoms with Gasteiger partial charge in [0.25, 0.3) is 0 Å². The number of urea groups is 1. The van der Waals surface area contributed by atoms with Crippen LogP contribution in [0.15, 0.2) is 97.2 Å². The quantitative estimate of drug-likeness (QED) is 0.346. The predicted octanol–water partition coefficient (Wildman–Crippen LogP) is 5.61. The molecule has 3 N–H and O–H groups in total. The van der Waals surface area contributed by atoms with Gasteiger partial charge in [-0.2, -0.15) is 5.10 Å². The summed E-state index contributed by atoms with van der Waals surface area (Å²) in [4.78, 5) is 17.1. The van der Waals surface area contributed by atoms with Crippen LogP contribution in [0, 0.1) is 0 Å². The Kier molecular flexibility index (Phi) is 5.32. The van der Waals surface area contributed by atoms with E-state index in [1.807, 2.05) is 84.9 Å². The first-order valence-electron chi connectivity index (χ1n) is 10.4. The van der Waals surface area contributed by atoms with Crippen molar-refractivity contribution in [1.29, 1.82) is 0 Å². The first-order valence-corrected chi connectivity index (χ1v) is 10.4. The normalized spacial score (nSPS) is 10.8. The second-order valence-corrected chi connectivity index (χ2v) is 7.40. The van der Waals surface area contributed by atoms with Crippen molar-refractivity contribution in [2.45, 2.75) is 6.54 Å². The molecule has 0 aliphatic heterocycles. The van der Waals surface area contributed by atoms with Crippen LogP contribution in [0.5, 0.6) is 0 Å². The van der Waals surface area contributed by atoms with E-state index in [1.54, 1.807) is 6.20 Å². The predicted molar refractivity (Wildman–Crippen MR) is 127 cm³/mol. The number of hydrogen-bond donors (Lipinski definition) is 3. The zero-order valence-electron chi connectivity index (χ0n) is 17.2. The highest BCUT2D eigenvalue weighted by Crippen LogP contribution is 2.32. The van der Waals surface area contributed by atoms with E-state index in [2.05, 4.69) is 31.9 Å². The summed E-state index contributed by atoms with van der Waals surface area (Å²) >= 11 is 0. The smallest absolute Gasteiger partial charge is 0.319 e. The molecule has 0 fully saturated rings. The van der Waals surface area contributed by atoms with Gasteiger partial charge in [0.05, 0.1) is 11.4 Å². The number of aromatic amines is 1. The fourth-order valence-electron chi connectivity index (χ4n) is 3.66. The number of carbonyl (C=O) groups excluding carboxylic acids is 1. The van der Waals surface area contributed by atoms with Crippen LogP contribution in [0.25, 0.3) is 33.4 Å². The summed E-state index contributed by atoms with van der Waals surface area (Å²) in [7, 11) is 0. The molecular weight excluding hydrogens is 398 g/mol. The minimum Gasteiger partial charge on any atom is -0.334 e. The molecule has 0 saturated carbocycles. The molecule has 6 heteroatoms. The molecule has 6 nitrogen and oxygen atoms in total. The van der Waals surface area contributed by atoms with Crippen molar-refractivity contribution >= 4 is 22.8 Å². The largest absolute Gasteiger partial charge is 0.334 e. The SMILES string of the molecule is O=C(NCc1ccccc1)Nc1ccccc1-c1cnc2n[nH]c(-c3ccccc3)c2c1. The Balaban J connectivity index is 1.42. The van der Waals surface area contributed by atoms with Crippen molar-refractivity contribution in [3.05, 3.63) is 103 Å². The first kappa shape index (κ1) is 19.5. The van der Waals surface area contributed by atoms with Crippen molar-refractivity contribution < 1.29 is 4.79 Å². The lowest BCUT2D eigenvalue weighted by Crippen LogP contribution is -2.28. The van der Waals surface area contributed by atoms with E-state index in [9.17, 15) is 4.79 Å². The number of rotatable bonds is 5. The minimum atomic E-state index is -0.261. The molecule has 156 valence electrons. The number of hydrogen-bond acceptors (Lipinski definition) is 3. The van der Waals surface area contributed by atoms with E-state index in [0.29, 0.717) is 17.9 Å². The molecule has 5 rings (SSSR count). The summed E-state index contributed by atoms with van der Waals surface area (Å²) in [5, 5.41) is 14.2. The number of nitrogens with one attached hydrogen (secondary N) is 3. The van der Waals surface area contributed by atoms with Gasteiger partial charge >= 0.3 is 6.03 Å². The topological polar surface area (TPSA) is 82.7 Å². The Morgan fingerprint density at radius 3 is 2.38 bits per heavy atom. The molecule has 0 aliphatic rings. The number of pyridine rings is 1. The zero-order valence-corrected chi connectivity index (χ0v) is 17.2. The van der Waals surface area contributed by atoms with Crippen LogP contribution in [0.3, 0.4) is 0 Å². The maximum Gasteiger partial charge on any atom is 0.319 e. The fraction of sp³-hybridized carbons (Fsp3) is 0.0385. The average Bonchev–Trinajstić information content (AvgIpc) is 3.28. The number of aromatic nitrogens is 3. The molecule has 0 unspecified atom stereocenters. The molecule has 0 saturated heterocycles. The number of fused-ring (bicyclic) bond motifs is 1. The van der Waals surface area contributed by atoms with Crippen LogP contribution in [0.4, 0.5) is 10.5 Å². The van der Waals surface area contributed by atoms with Gasteiger partial charge in [0, 0.05) is 34.8 Å². The Hall–Kier alpha value is -4.45. The summed E-state index contributed by atoms with van der Waals surface area (Å²) in [6, 6.07) is 29.3. The second kappa shape index (κ2) is 8.73. The van der Waals surface area contributed by atoms with Crippen molar-refractivity contribution in [1.82, 2.24) is 20.5 Å². The number of para-hydroxylation sites is 1. The van der Waals surface area contributed by atoms with Crippen molar-refractivity contribution in [3.8, 4) is 22.4 Å². The zero-order chi connectivity index (χ0) is 21.8. The number of benzene rings is 3. The highest BCUT2D eigenvalue weighted by molar-refractivity contribution is 5.97. The van der Waals surface area contributed by atoms with Crippen LogP contribution in [0.1, 0.15) is 5.56 Å². The van der Waals surface area contributed by atoms with Gasteiger partial charge < -0.3 is 10.6 Å². The van der Waals surface area contributed by atoms with Gasteiger partial charge in [-0.05, 0) is 17.7 Å². The number of amides is 2. The minimum absolute atomic E-state index is 0.261. The Labute approximate surface area is 185 Å². The standard InChI is InChI=1S/C26H21N5O/c32-26(28-16-18-9-3-1-4-10-18)29-23-14-8-7-13-21(23)20-15-22-24(19-11-5-2-6-12-19)30-31-25(22)27-17-20/h1-15,17H,16H2,(H,27,30,31)(H2,28,29,32). The summed E-state index contributed by atoms with van der Waals surface area (Å²) in [5.74, 6) is 0. The number of anilines is 1. The molecule has 2 heterocycles. The molecule has 0 bridgehead atoms. The fourth-order valence-corrected chi connectivity index (χ4v) is 3.66. The molecule has 2 amide bonds. The third-order valence-electron chi connectivity index (χ3n) is 5.25. The summed E-state index contributed by atoms with van der Waals surface area (Å²) in [6.45, 7) is 0.456. The molecular formula is C26H21N5O. The van der Waals surface area contributed by atoms with E-state index in [0.717, 1.165) is 33.3 Å². The molecule has 0 radical (unpaired) electrons. The molecule has 5 aromatic rings. The molecule has 2 aromatic heterocycles. The first-order chi connectivity index (χ1) is 15.8. The van der Waals surface area contributed by atoms with Crippen LogP contribution >= 0.6 is 0 Å². The Bertz CT molecular complexity index is 1360. The van der Waals surface area contributed by atoms with Gasteiger partial charge in [-0.15, -0.1) is 0 Å². The average molecular weight is 419 g/mol. The van der Waals surface area contributed by atoms with Crippen LogP contribution < -0.4 is 10.6 Å². The van der Waals surface area contributed by atoms with Crippen molar-refractivity contribution in [2.24, 2.45) is 0 Å². The van der Waals surface area contributed by atoms with Gasteiger partial charge in [0.1, 0.15) is 0 Å². The maximum absolute atomic E-state index is 12.5. The lowest BCUT2D eigenvalue weighted by atomic mass is 10.0. The van der Waals surface area contributed by atoms with Crippen molar-refractivity contribution in [2.75, 3.05) is 5.32 Å². The van der Waals surface area contributed by atoms with E-state index in [1.165, 1.54) is 0 Å². The Morgan fingerprint density at radius 2 is 1.56 bits per heavy atom. The molecule has 0 spiro atoms. The summed E-state index contributed by atoms with van der Waals surface area (Å²) < 4.78 is 0.